The van der Waals surface area contributed by atoms with Crippen LogP contribution in [0.15, 0.2) is 17.1 Å². The molecule has 1 atom stereocenters. The Labute approximate surface area is 101 Å². The van der Waals surface area contributed by atoms with Crippen molar-refractivity contribution in [3.05, 3.63) is 22.6 Å². The molecule has 94 valence electrons. The van der Waals surface area contributed by atoms with Crippen molar-refractivity contribution in [2.75, 3.05) is 24.6 Å². The summed E-state index contributed by atoms with van der Waals surface area (Å²) in [6.07, 6.45) is 4.12. The quantitative estimate of drug-likeness (QED) is 0.827. The molecule has 2 rings (SSSR count). The summed E-state index contributed by atoms with van der Waals surface area (Å²) in [5, 5.41) is 13.1. The van der Waals surface area contributed by atoms with Gasteiger partial charge in [0.15, 0.2) is 0 Å². The van der Waals surface area contributed by atoms with E-state index in [1.165, 1.54) is 17.5 Å². The summed E-state index contributed by atoms with van der Waals surface area (Å²) in [6, 6.07) is 1.64. The van der Waals surface area contributed by atoms with Gasteiger partial charge in [-0.1, -0.05) is 6.92 Å². The Balaban J connectivity index is 2.13. The van der Waals surface area contributed by atoms with Gasteiger partial charge in [0.05, 0.1) is 11.9 Å². The summed E-state index contributed by atoms with van der Waals surface area (Å²) in [6.45, 7) is 4.45. The van der Waals surface area contributed by atoms with E-state index in [1.807, 2.05) is 6.92 Å². The second-order valence-corrected chi connectivity index (χ2v) is 4.72. The van der Waals surface area contributed by atoms with Crippen molar-refractivity contribution in [3.63, 3.8) is 0 Å². The lowest BCUT2D eigenvalue weighted by atomic mass is 10.2. The van der Waals surface area contributed by atoms with Crippen molar-refractivity contribution >= 4 is 5.69 Å². The Bertz CT molecular complexity index is 424. The van der Waals surface area contributed by atoms with Gasteiger partial charge in [0, 0.05) is 32.3 Å². The van der Waals surface area contributed by atoms with Crippen molar-refractivity contribution in [2.45, 2.75) is 26.3 Å². The van der Waals surface area contributed by atoms with E-state index in [0.29, 0.717) is 6.54 Å². The molecule has 0 bridgehead atoms. The maximum Gasteiger partial charge on any atom is 0.268 e. The largest absolute Gasteiger partial charge is 0.396 e. The number of rotatable bonds is 4. The average Bonchev–Trinajstić information content (AvgIpc) is 2.85. The smallest absolute Gasteiger partial charge is 0.268 e. The molecule has 0 aliphatic carbocycles. The van der Waals surface area contributed by atoms with Gasteiger partial charge in [0.25, 0.3) is 5.56 Å². The minimum Gasteiger partial charge on any atom is -0.396 e. The van der Waals surface area contributed by atoms with Crippen molar-refractivity contribution in [1.29, 1.82) is 0 Å². The predicted octanol–water partition coefficient (Wildman–Crippen LogP) is 0.472. The number of aliphatic hydroxyl groups excluding tert-OH is 1. The van der Waals surface area contributed by atoms with Crippen LogP contribution in [0.4, 0.5) is 5.69 Å². The van der Waals surface area contributed by atoms with Crippen LogP contribution in [0.25, 0.3) is 0 Å². The normalized spacial score (nSPS) is 17.4. The molecule has 1 aromatic rings. The molecule has 0 amide bonds. The molecule has 1 aliphatic rings. The van der Waals surface area contributed by atoms with Crippen molar-refractivity contribution in [3.8, 4) is 0 Å². The number of anilines is 1. The zero-order chi connectivity index (χ0) is 12.3. The summed E-state index contributed by atoms with van der Waals surface area (Å²) < 4.78 is 1.42. The van der Waals surface area contributed by atoms with Gasteiger partial charge in [0.1, 0.15) is 0 Å². The van der Waals surface area contributed by atoms with Crippen molar-refractivity contribution < 1.29 is 5.11 Å². The first-order valence-corrected chi connectivity index (χ1v) is 6.13. The topological polar surface area (TPSA) is 58.4 Å². The molecule has 5 heteroatoms. The maximum absolute atomic E-state index is 11.8. The van der Waals surface area contributed by atoms with E-state index >= 15 is 0 Å². The van der Waals surface area contributed by atoms with E-state index in [1.54, 1.807) is 12.3 Å². The first kappa shape index (κ1) is 12.1. The zero-order valence-corrected chi connectivity index (χ0v) is 10.2. The molecule has 0 radical (unpaired) electrons. The third kappa shape index (κ3) is 2.85. The summed E-state index contributed by atoms with van der Waals surface area (Å²) in [5.74, 6) is 0.0536. The third-order valence-corrected chi connectivity index (χ3v) is 3.12. The molecule has 1 aliphatic heterocycles. The molecule has 0 aromatic carbocycles. The lowest BCUT2D eigenvalue weighted by molar-refractivity contribution is 0.217. The van der Waals surface area contributed by atoms with Gasteiger partial charge in [-0.15, -0.1) is 0 Å². The van der Waals surface area contributed by atoms with Crippen LogP contribution in [-0.4, -0.2) is 34.6 Å². The molecule has 0 saturated carbocycles. The second-order valence-electron chi connectivity index (χ2n) is 4.72. The lowest BCUT2D eigenvalue weighted by Gasteiger charge is -2.17. The van der Waals surface area contributed by atoms with Gasteiger partial charge in [-0.2, -0.15) is 5.10 Å². The van der Waals surface area contributed by atoms with Crippen LogP contribution in [0.3, 0.4) is 0 Å². The summed E-state index contributed by atoms with van der Waals surface area (Å²) in [4.78, 5) is 14.0. The Hall–Kier alpha value is -1.36. The first-order valence-electron chi connectivity index (χ1n) is 6.13. The highest BCUT2D eigenvalue weighted by atomic mass is 16.3. The van der Waals surface area contributed by atoms with Crippen molar-refractivity contribution in [1.82, 2.24) is 9.78 Å². The fourth-order valence-corrected chi connectivity index (χ4v) is 2.06. The van der Waals surface area contributed by atoms with Crippen LogP contribution in [-0.2, 0) is 6.54 Å². The number of hydrogen-bond donors (Lipinski definition) is 1. The van der Waals surface area contributed by atoms with E-state index in [-0.39, 0.29) is 18.1 Å². The predicted molar refractivity (Wildman–Crippen MR) is 66.2 cm³/mol. The first-order chi connectivity index (χ1) is 8.20. The number of aromatic nitrogens is 2. The number of hydrogen-bond acceptors (Lipinski definition) is 4. The fourth-order valence-electron chi connectivity index (χ4n) is 2.06. The minimum atomic E-state index is -0.0882. The molecular formula is C12H19N3O2. The Morgan fingerprint density at radius 3 is 2.76 bits per heavy atom. The van der Waals surface area contributed by atoms with E-state index < -0.39 is 0 Å². The van der Waals surface area contributed by atoms with Crippen LogP contribution < -0.4 is 10.5 Å². The lowest BCUT2D eigenvalue weighted by Crippen LogP contribution is -2.28. The summed E-state index contributed by atoms with van der Waals surface area (Å²) in [7, 11) is 0. The zero-order valence-electron chi connectivity index (χ0n) is 10.2. The average molecular weight is 237 g/mol. The van der Waals surface area contributed by atoms with Crippen LogP contribution in [0.2, 0.25) is 0 Å². The molecule has 17 heavy (non-hydrogen) atoms. The Morgan fingerprint density at radius 2 is 2.18 bits per heavy atom. The molecule has 1 N–H and O–H groups in total. The highest BCUT2D eigenvalue weighted by Crippen LogP contribution is 2.16. The molecule has 1 unspecified atom stereocenters. The second kappa shape index (κ2) is 5.31. The Kier molecular flexibility index (Phi) is 3.78. The Morgan fingerprint density at radius 1 is 1.47 bits per heavy atom. The van der Waals surface area contributed by atoms with Crippen LogP contribution in [0, 0.1) is 5.92 Å². The highest BCUT2D eigenvalue weighted by molar-refractivity contribution is 5.43. The molecular weight excluding hydrogens is 218 g/mol. The SMILES string of the molecule is CC(CO)Cn1ncc(N2CCCC2)cc1=O. The summed E-state index contributed by atoms with van der Waals surface area (Å²) >= 11 is 0. The number of aliphatic hydroxyl groups is 1. The van der Waals surface area contributed by atoms with Gasteiger partial charge in [-0.3, -0.25) is 4.79 Å². The third-order valence-electron chi connectivity index (χ3n) is 3.12. The van der Waals surface area contributed by atoms with E-state index in [2.05, 4.69) is 10.00 Å². The number of nitrogens with zero attached hydrogens (tertiary/aromatic N) is 3. The molecule has 1 saturated heterocycles. The monoisotopic (exact) mass is 237 g/mol. The van der Waals surface area contributed by atoms with Gasteiger partial charge < -0.3 is 10.0 Å². The van der Waals surface area contributed by atoms with E-state index in [0.717, 1.165) is 18.8 Å². The standard InChI is InChI=1S/C12H19N3O2/c1-10(9-16)8-15-12(17)6-11(7-13-15)14-4-2-3-5-14/h6-7,10,16H,2-5,8-9H2,1H3. The van der Waals surface area contributed by atoms with Gasteiger partial charge >= 0.3 is 0 Å². The fraction of sp³-hybridized carbons (Fsp3) is 0.667. The van der Waals surface area contributed by atoms with Crippen LogP contribution in [0.5, 0.6) is 0 Å². The molecule has 1 aromatic heterocycles. The van der Waals surface area contributed by atoms with Crippen molar-refractivity contribution in [2.24, 2.45) is 5.92 Å². The van der Waals surface area contributed by atoms with E-state index in [4.69, 9.17) is 5.11 Å². The highest BCUT2D eigenvalue weighted by Gasteiger charge is 2.14. The molecule has 2 heterocycles. The molecule has 1 fully saturated rings. The van der Waals surface area contributed by atoms with Gasteiger partial charge in [-0.05, 0) is 18.8 Å². The maximum atomic E-state index is 11.8. The minimum absolute atomic E-state index is 0.0536. The van der Waals surface area contributed by atoms with E-state index in [9.17, 15) is 4.79 Å². The van der Waals surface area contributed by atoms with Gasteiger partial charge in [0.2, 0.25) is 0 Å². The molecule has 5 nitrogen and oxygen atoms in total. The van der Waals surface area contributed by atoms with Crippen LogP contribution in [0.1, 0.15) is 19.8 Å². The summed E-state index contributed by atoms with van der Waals surface area (Å²) in [5.41, 5.74) is 0.829. The van der Waals surface area contributed by atoms with Gasteiger partial charge in [-0.25, -0.2) is 4.68 Å². The molecule has 0 spiro atoms. The van der Waals surface area contributed by atoms with Crippen LogP contribution >= 0.6 is 0 Å².